The van der Waals surface area contributed by atoms with Gasteiger partial charge >= 0.3 is 5.97 Å². The summed E-state index contributed by atoms with van der Waals surface area (Å²) < 4.78 is 7.64. The molecule has 0 bridgehead atoms. The van der Waals surface area contributed by atoms with E-state index in [9.17, 15) is 14.4 Å². The third kappa shape index (κ3) is 5.77. The van der Waals surface area contributed by atoms with Crippen LogP contribution in [0.2, 0.25) is 0 Å². The van der Waals surface area contributed by atoms with E-state index < -0.39 is 5.97 Å². The first kappa shape index (κ1) is 27.5. The van der Waals surface area contributed by atoms with Crippen molar-refractivity contribution < 1.29 is 19.1 Å². The quantitative estimate of drug-likeness (QED) is 0.0672. The molecule has 5 nitrogen and oxygen atoms in total. The highest BCUT2D eigenvalue weighted by Crippen LogP contribution is 2.32. The Balaban J connectivity index is 1.39. The molecule has 0 saturated carbocycles. The number of unbranched alkanes of at least 4 members (excludes halogenated alkanes) is 4. The SMILES string of the molecule is CCCCCCCC(=O)c1ccc2c(c1)c1cc(C(=O)c3ccc(OC(=O)c4cccs4)cc3)ccc1n2CC. The number of aryl methyl sites for hydroxylation is 1. The smallest absolute Gasteiger partial charge is 0.353 e. The van der Waals surface area contributed by atoms with Gasteiger partial charge < -0.3 is 9.30 Å². The number of fused-ring (bicyclic) bond motifs is 3. The van der Waals surface area contributed by atoms with Gasteiger partial charge in [-0.1, -0.05) is 38.7 Å². The lowest BCUT2D eigenvalue weighted by molar-refractivity contribution is 0.0739. The zero-order valence-corrected chi connectivity index (χ0v) is 23.8. The fourth-order valence-electron chi connectivity index (χ4n) is 5.19. The Morgan fingerprint density at radius 2 is 1.40 bits per heavy atom. The van der Waals surface area contributed by atoms with Crippen LogP contribution in [0.15, 0.2) is 78.2 Å². The number of nitrogens with zero attached hydrogens (tertiary/aromatic N) is 1. The van der Waals surface area contributed by atoms with Crippen LogP contribution in [0.1, 0.15) is 88.3 Å². The average molecular weight is 552 g/mol. The molecule has 2 heterocycles. The van der Waals surface area contributed by atoms with Crippen molar-refractivity contribution in [1.82, 2.24) is 4.57 Å². The van der Waals surface area contributed by atoms with E-state index >= 15 is 0 Å². The molecule has 0 N–H and O–H groups in total. The standard InChI is InChI=1S/C34H33NO4S/c1-3-5-6-7-8-10-31(36)24-14-18-29-27(21-24)28-22-25(15-19-30(28)35(29)4-2)33(37)23-12-16-26(17-13-23)39-34(38)32-11-9-20-40-32/h9,11-22H,3-8,10H2,1-2H3. The van der Waals surface area contributed by atoms with Crippen LogP contribution < -0.4 is 4.74 Å². The highest BCUT2D eigenvalue weighted by atomic mass is 32.1. The van der Waals surface area contributed by atoms with Crippen LogP contribution >= 0.6 is 11.3 Å². The van der Waals surface area contributed by atoms with E-state index in [1.165, 1.54) is 30.6 Å². The molecule has 0 saturated heterocycles. The molecule has 0 fully saturated rings. The van der Waals surface area contributed by atoms with Crippen molar-refractivity contribution in [2.45, 2.75) is 58.9 Å². The van der Waals surface area contributed by atoms with Crippen molar-refractivity contribution in [2.75, 3.05) is 0 Å². The number of esters is 1. The number of carbonyl (C=O) groups excluding carboxylic acids is 3. The minimum atomic E-state index is -0.416. The molecule has 5 aromatic rings. The highest BCUT2D eigenvalue weighted by Gasteiger charge is 2.17. The summed E-state index contributed by atoms with van der Waals surface area (Å²) in [6.45, 7) is 5.07. The first-order valence-electron chi connectivity index (χ1n) is 14.0. The van der Waals surface area contributed by atoms with Gasteiger partial charge in [-0.3, -0.25) is 9.59 Å². The predicted octanol–water partition coefficient (Wildman–Crippen LogP) is 8.87. The van der Waals surface area contributed by atoms with Gasteiger partial charge in [0.05, 0.1) is 0 Å². The van der Waals surface area contributed by atoms with Crippen molar-refractivity contribution in [3.05, 3.63) is 99.7 Å². The van der Waals surface area contributed by atoms with Crippen LogP contribution in [0.25, 0.3) is 21.8 Å². The molecule has 0 radical (unpaired) electrons. The molecule has 0 aliphatic rings. The molecule has 0 amide bonds. The summed E-state index contributed by atoms with van der Waals surface area (Å²) in [5.41, 5.74) is 3.89. The topological polar surface area (TPSA) is 65.4 Å². The molecule has 5 rings (SSSR count). The minimum Gasteiger partial charge on any atom is -0.422 e. The van der Waals surface area contributed by atoms with Crippen LogP contribution in [-0.4, -0.2) is 22.1 Å². The second-order valence-electron chi connectivity index (χ2n) is 10.0. The molecule has 0 spiro atoms. The first-order valence-corrected chi connectivity index (χ1v) is 14.9. The number of ketones is 2. The minimum absolute atomic E-state index is 0.116. The molecule has 2 aromatic heterocycles. The van der Waals surface area contributed by atoms with Gasteiger partial charge in [-0.25, -0.2) is 4.79 Å². The maximum atomic E-state index is 13.4. The summed E-state index contributed by atoms with van der Waals surface area (Å²) in [6.07, 6.45) is 6.13. The number of carbonyl (C=O) groups is 3. The first-order chi connectivity index (χ1) is 19.5. The number of Topliss-reactive ketones (excluding diaryl/α,β-unsaturated/α-hetero) is 1. The lowest BCUT2D eigenvalue weighted by Crippen LogP contribution is -2.07. The van der Waals surface area contributed by atoms with Crippen molar-refractivity contribution in [3.8, 4) is 5.75 Å². The largest absolute Gasteiger partial charge is 0.422 e. The number of thiophene rings is 1. The Kier molecular flexibility index (Phi) is 8.56. The number of benzene rings is 3. The summed E-state index contributed by atoms with van der Waals surface area (Å²) in [5.74, 6) is 0.0257. The van der Waals surface area contributed by atoms with Crippen LogP contribution in [0, 0.1) is 0 Å². The molecule has 3 aromatic carbocycles. The Morgan fingerprint density at radius 3 is 2.05 bits per heavy atom. The molecule has 204 valence electrons. The molecular weight excluding hydrogens is 518 g/mol. The maximum Gasteiger partial charge on any atom is 0.353 e. The number of hydrogen-bond donors (Lipinski definition) is 0. The number of hydrogen-bond acceptors (Lipinski definition) is 5. The van der Waals surface area contributed by atoms with E-state index in [1.54, 1.807) is 36.4 Å². The van der Waals surface area contributed by atoms with Crippen molar-refractivity contribution >= 4 is 50.7 Å². The van der Waals surface area contributed by atoms with Gasteiger partial charge in [-0.15, -0.1) is 11.3 Å². The van der Waals surface area contributed by atoms with Crippen molar-refractivity contribution in [3.63, 3.8) is 0 Å². The van der Waals surface area contributed by atoms with Crippen LogP contribution in [-0.2, 0) is 6.54 Å². The molecule has 0 atom stereocenters. The fraction of sp³-hybridized carbons (Fsp3) is 0.265. The van der Waals surface area contributed by atoms with Crippen LogP contribution in [0.5, 0.6) is 5.75 Å². The molecule has 0 aliphatic carbocycles. The van der Waals surface area contributed by atoms with Crippen molar-refractivity contribution in [1.29, 1.82) is 0 Å². The zero-order valence-electron chi connectivity index (χ0n) is 22.9. The molecule has 0 unspecified atom stereocenters. The molecule has 40 heavy (non-hydrogen) atoms. The Hall–Kier alpha value is -4.03. The normalized spacial score (nSPS) is 11.2. The van der Waals surface area contributed by atoms with E-state index in [0.29, 0.717) is 28.2 Å². The Labute approximate surface area is 238 Å². The van der Waals surface area contributed by atoms with E-state index in [1.807, 2.05) is 41.8 Å². The molecule has 0 aliphatic heterocycles. The Morgan fingerprint density at radius 1 is 0.750 bits per heavy atom. The highest BCUT2D eigenvalue weighted by molar-refractivity contribution is 7.12. The van der Waals surface area contributed by atoms with Crippen LogP contribution in [0.3, 0.4) is 0 Å². The zero-order chi connectivity index (χ0) is 28.1. The third-order valence-corrected chi connectivity index (χ3v) is 8.17. The predicted molar refractivity (Wildman–Crippen MR) is 162 cm³/mol. The van der Waals surface area contributed by atoms with Gasteiger partial charge in [0.2, 0.25) is 0 Å². The van der Waals surface area contributed by atoms with Gasteiger partial charge in [0.1, 0.15) is 10.6 Å². The van der Waals surface area contributed by atoms with Crippen LogP contribution in [0.4, 0.5) is 0 Å². The lowest BCUT2D eigenvalue weighted by atomic mass is 9.99. The van der Waals surface area contributed by atoms with Gasteiger partial charge in [0.15, 0.2) is 11.6 Å². The number of aromatic nitrogens is 1. The fourth-order valence-corrected chi connectivity index (χ4v) is 5.78. The number of rotatable bonds is 12. The van der Waals surface area contributed by atoms with Gasteiger partial charge in [0, 0.05) is 51.5 Å². The summed E-state index contributed by atoms with van der Waals surface area (Å²) >= 11 is 1.32. The number of ether oxygens (including phenoxy) is 1. The summed E-state index contributed by atoms with van der Waals surface area (Å²) in [7, 11) is 0. The summed E-state index contributed by atoms with van der Waals surface area (Å²) in [5, 5.41) is 3.77. The second kappa shape index (κ2) is 12.4. The molecular formula is C34H33NO4S. The lowest BCUT2D eigenvalue weighted by Gasteiger charge is -2.06. The second-order valence-corrected chi connectivity index (χ2v) is 11.0. The summed E-state index contributed by atoms with van der Waals surface area (Å²) in [6, 6.07) is 21.9. The van der Waals surface area contributed by atoms with E-state index in [2.05, 4.69) is 18.4 Å². The van der Waals surface area contributed by atoms with E-state index in [4.69, 9.17) is 4.74 Å². The van der Waals surface area contributed by atoms with Gasteiger partial charge in [-0.2, -0.15) is 0 Å². The molecule has 6 heteroatoms. The third-order valence-electron chi connectivity index (χ3n) is 7.32. The van der Waals surface area contributed by atoms with Crippen molar-refractivity contribution in [2.24, 2.45) is 0 Å². The average Bonchev–Trinajstić information content (AvgIpc) is 3.63. The van der Waals surface area contributed by atoms with Gasteiger partial charge in [-0.05, 0) is 85.5 Å². The Bertz CT molecular complexity index is 1660. The van der Waals surface area contributed by atoms with E-state index in [-0.39, 0.29) is 11.6 Å². The monoisotopic (exact) mass is 551 g/mol. The summed E-state index contributed by atoms with van der Waals surface area (Å²) in [4.78, 5) is 39.1. The van der Waals surface area contributed by atoms with Gasteiger partial charge in [0.25, 0.3) is 0 Å². The van der Waals surface area contributed by atoms with E-state index in [0.717, 1.165) is 46.8 Å². The maximum absolute atomic E-state index is 13.4.